The standard InChI is InChI=1S/C8H9BrFN/c9-7-3-5-11-8(6-7)2-1-4-10/h3,5-6H,1-2,4H2. The molecule has 1 aromatic heterocycles. The first kappa shape index (κ1) is 8.65. The number of alkyl halides is 1. The van der Waals surface area contributed by atoms with Crippen molar-refractivity contribution < 1.29 is 4.39 Å². The van der Waals surface area contributed by atoms with Gasteiger partial charge in [-0.05, 0) is 25.0 Å². The Balaban J connectivity index is 2.56. The zero-order chi connectivity index (χ0) is 8.10. The molecule has 0 spiro atoms. The molecule has 1 heterocycles. The summed E-state index contributed by atoms with van der Waals surface area (Å²) in [6.45, 7) is -0.270. The number of rotatable bonds is 3. The summed E-state index contributed by atoms with van der Waals surface area (Å²) in [5, 5.41) is 0. The van der Waals surface area contributed by atoms with Gasteiger partial charge in [-0.3, -0.25) is 9.37 Å². The lowest BCUT2D eigenvalue weighted by atomic mass is 10.2. The molecule has 0 aliphatic rings. The lowest BCUT2D eigenvalue weighted by molar-refractivity contribution is 0.471. The summed E-state index contributed by atoms with van der Waals surface area (Å²) in [7, 11) is 0. The Morgan fingerprint density at radius 1 is 1.55 bits per heavy atom. The van der Waals surface area contributed by atoms with E-state index in [0.717, 1.165) is 16.6 Å². The summed E-state index contributed by atoms with van der Waals surface area (Å²) < 4.78 is 12.7. The molecule has 1 aromatic rings. The maximum absolute atomic E-state index is 11.7. The first-order valence-electron chi connectivity index (χ1n) is 3.49. The molecule has 0 saturated carbocycles. The summed E-state index contributed by atoms with van der Waals surface area (Å²) in [5.41, 5.74) is 0.942. The lowest BCUT2D eigenvalue weighted by Gasteiger charge is -1.97. The smallest absolute Gasteiger partial charge is 0.0898 e. The molecule has 0 atom stereocenters. The fraction of sp³-hybridized carbons (Fsp3) is 0.375. The van der Waals surface area contributed by atoms with Gasteiger partial charge in [0.2, 0.25) is 0 Å². The third-order valence-electron chi connectivity index (χ3n) is 1.35. The van der Waals surface area contributed by atoms with Gasteiger partial charge in [0.05, 0.1) is 6.67 Å². The maximum atomic E-state index is 11.7. The SMILES string of the molecule is FCCCc1cc(Br)ccn1. The number of halogens is 2. The van der Waals surface area contributed by atoms with Crippen molar-refractivity contribution in [2.45, 2.75) is 12.8 Å². The predicted molar refractivity (Wildman–Crippen MR) is 46.2 cm³/mol. The fourth-order valence-corrected chi connectivity index (χ4v) is 1.22. The zero-order valence-electron chi connectivity index (χ0n) is 6.06. The summed E-state index contributed by atoms with van der Waals surface area (Å²) in [5.74, 6) is 0. The Labute approximate surface area is 73.8 Å². The number of nitrogens with zero attached hydrogens (tertiary/aromatic N) is 1. The quantitative estimate of drug-likeness (QED) is 0.760. The van der Waals surface area contributed by atoms with E-state index in [4.69, 9.17) is 0 Å². The normalized spacial score (nSPS) is 10.0. The van der Waals surface area contributed by atoms with Crippen LogP contribution in [0.1, 0.15) is 12.1 Å². The van der Waals surface area contributed by atoms with E-state index in [2.05, 4.69) is 20.9 Å². The Bertz CT molecular complexity index is 227. The average molecular weight is 218 g/mol. The lowest BCUT2D eigenvalue weighted by Crippen LogP contribution is -1.89. The van der Waals surface area contributed by atoms with E-state index in [-0.39, 0.29) is 6.67 Å². The fourth-order valence-electron chi connectivity index (χ4n) is 0.833. The average Bonchev–Trinajstić information content (AvgIpc) is 2.01. The number of hydrogen-bond donors (Lipinski definition) is 0. The summed E-state index contributed by atoms with van der Waals surface area (Å²) >= 11 is 3.32. The number of hydrogen-bond acceptors (Lipinski definition) is 1. The van der Waals surface area contributed by atoms with Gasteiger partial charge in [-0.25, -0.2) is 0 Å². The Morgan fingerprint density at radius 3 is 3.00 bits per heavy atom. The first-order chi connectivity index (χ1) is 5.33. The van der Waals surface area contributed by atoms with Gasteiger partial charge in [-0.2, -0.15) is 0 Å². The van der Waals surface area contributed by atoms with Crippen molar-refractivity contribution in [3.8, 4) is 0 Å². The molecule has 0 saturated heterocycles. The van der Waals surface area contributed by atoms with Crippen molar-refractivity contribution in [1.29, 1.82) is 0 Å². The van der Waals surface area contributed by atoms with Gasteiger partial charge in [-0.15, -0.1) is 0 Å². The molecule has 0 amide bonds. The van der Waals surface area contributed by atoms with Gasteiger partial charge >= 0.3 is 0 Å². The van der Waals surface area contributed by atoms with Crippen molar-refractivity contribution in [2.75, 3.05) is 6.67 Å². The first-order valence-corrected chi connectivity index (χ1v) is 4.28. The molecule has 0 bridgehead atoms. The van der Waals surface area contributed by atoms with Gasteiger partial charge in [0.15, 0.2) is 0 Å². The molecule has 0 radical (unpaired) electrons. The molecule has 0 aromatic carbocycles. The third-order valence-corrected chi connectivity index (χ3v) is 1.84. The minimum absolute atomic E-state index is 0.270. The monoisotopic (exact) mass is 217 g/mol. The van der Waals surface area contributed by atoms with E-state index < -0.39 is 0 Å². The number of aromatic nitrogens is 1. The molecule has 3 heteroatoms. The number of aryl methyl sites for hydroxylation is 1. The van der Waals surface area contributed by atoms with Crippen LogP contribution < -0.4 is 0 Å². The molecule has 0 fully saturated rings. The minimum Gasteiger partial charge on any atom is -0.261 e. The van der Waals surface area contributed by atoms with Gasteiger partial charge in [0, 0.05) is 16.4 Å². The molecule has 0 aliphatic heterocycles. The highest BCUT2D eigenvalue weighted by molar-refractivity contribution is 9.10. The van der Waals surface area contributed by atoms with Crippen molar-refractivity contribution in [1.82, 2.24) is 4.98 Å². The molecule has 0 unspecified atom stereocenters. The van der Waals surface area contributed by atoms with E-state index >= 15 is 0 Å². The highest BCUT2D eigenvalue weighted by atomic mass is 79.9. The van der Waals surface area contributed by atoms with E-state index in [1.54, 1.807) is 6.20 Å². The van der Waals surface area contributed by atoms with E-state index in [9.17, 15) is 4.39 Å². The summed E-state index contributed by atoms with van der Waals surface area (Å²) in [6, 6.07) is 3.77. The van der Waals surface area contributed by atoms with Gasteiger partial charge in [0.1, 0.15) is 0 Å². The second-order valence-corrected chi connectivity index (χ2v) is 3.17. The van der Waals surface area contributed by atoms with Crippen LogP contribution in [-0.2, 0) is 6.42 Å². The summed E-state index contributed by atoms with van der Waals surface area (Å²) in [6.07, 6.45) is 3.00. The van der Waals surface area contributed by atoms with Crippen LogP contribution in [0.4, 0.5) is 4.39 Å². The van der Waals surface area contributed by atoms with Gasteiger partial charge in [0.25, 0.3) is 0 Å². The van der Waals surface area contributed by atoms with Crippen molar-refractivity contribution >= 4 is 15.9 Å². The minimum atomic E-state index is -0.270. The largest absolute Gasteiger partial charge is 0.261 e. The van der Waals surface area contributed by atoms with Crippen LogP contribution >= 0.6 is 15.9 Å². The summed E-state index contributed by atoms with van der Waals surface area (Å²) in [4.78, 5) is 4.08. The van der Waals surface area contributed by atoms with E-state index in [0.29, 0.717) is 6.42 Å². The van der Waals surface area contributed by atoms with Crippen LogP contribution in [-0.4, -0.2) is 11.7 Å². The molecule has 1 rings (SSSR count). The van der Waals surface area contributed by atoms with E-state index in [1.807, 2.05) is 12.1 Å². The predicted octanol–water partition coefficient (Wildman–Crippen LogP) is 2.75. The Kier molecular flexibility index (Phi) is 3.49. The van der Waals surface area contributed by atoms with Gasteiger partial charge < -0.3 is 0 Å². The van der Waals surface area contributed by atoms with E-state index in [1.165, 1.54) is 0 Å². The van der Waals surface area contributed by atoms with Crippen LogP contribution in [0.3, 0.4) is 0 Å². The van der Waals surface area contributed by atoms with Crippen LogP contribution in [0.2, 0.25) is 0 Å². The number of pyridine rings is 1. The zero-order valence-corrected chi connectivity index (χ0v) is 7.64. The Morgan fingerprint density at radius 2 is 2.36 bits per heavy atom. The maximum Gasteiger partial charge on any atom is 0.0898 e. The highest BCUT2D eigenvalue weighted by Crippen LogP contribution is 2.10. The molecule has 0 aliphatic carbocycles. The topological polar surface area (TPSA) is 12.9 Å². The second-order valence-electron chi connectivity index (χ2n) is 2.26. The van der Waals surface area contributed by atoms with Crippen LogP contribution in [0.5, 0.6) is 0 Å². The molecular formula is C8H9BrFN. The second kappa shape index (κ2) is 4.44. The van der Waals surface area contributed by atoms with Crippen LogP contribution in [0, 0.1) is 0 Å². The van der Waals surface area contributed by atoms with Crippen LogP contribution in [0.25, 0.3) is 0 Å². The molecule has 60 valence electrons. The highest BCUT2D eigenvalue weighted by Gasteiger charge is 1.94. The third kappa shape index (κ3) is 2.97. The molecule has 11 heavy (non-hydrogen) atoms. The Hall–Kier alpha value is -0.440. The van der Waals surface area contributed by atoms with Crippen molar-refractivity contribution in [3.05, 3.63) is 28.5 Å². The molecule has 1 nitrogen and oxygen atoms in total. The molecule has 0 N–H and O–H groups in total. The van der Waals surface area contributed by atoms with Crippen LogP contribution in [0.15, 0.2) is 22.8 Å². The van der Waals surface area contributed by atoms with Gasteiger partial charge in [-0.1, -0.05) is 15.9 Å². The van der Waals surface area contributed by atoms with Crippen molar-refractivity contribution in [3.63, 3.8) is 0 Å². The van der Waals surface area contributed by atoms with Crippen molar-refractivity contribution in [2.24, 2.45) is 0 Å². The molecular weight excluding hydrogens is 209 g/mol.